The van der Waals surface area contributed by atoms with Crippen LogP contribution in [-0.2, 0) is 16.1 Å². The highest BCUT2D eigenvalue weighted by Crippen LogP contribution is 2.32. The molecule has 4 aromatic rings. The number of halogens is 3. The molecule has 5 rings (SSSR count). The average molecular weight is 672 g/mol. The first-order chi connectivity index (χ1) is 21.0. The highest BCUT2D eigenvalue weighted by atomic mass is 35.5. The van der Waals surface area contributed by atoms with Gasteiger partial charge in [0.05, 0.1) is 34.6 Å². The van der Waals surface area contributed by atoms with Gasteiger partial charge >= 0.3 is 5.97 Å². The third-order valence-electron chi connectivity index (χ3n) is 6.75. The molecule has 228 valence electrons. The molecule has 0 saturated carbocycles. The summed E-state index contributed by atoms with van der Waals surface area (Å²) in [7, 11) is 0. The lowest BCUT2D eigenvalue weighted by Gasteiger charge is -2.25. The standard InChI is InChI=1S/C33H29Cl3N2O5S/c1-5-41-25-11-7-20(8-12-25)30-29(32(40)43-18(2)3)19(4)37-33-38(30)31(39)28(44-33)15-22-14-23(34)10-13-27(22)42-17-21-6-9-24(35)16-26(21)36/h6-16,18,30H,5,17H2,1-4H3/b28-15+/t30-/m0/s1. The van der Waals surface area contributed by atoms with Crippen LogP contribution in [0.25, 0.3) is 6.08 Å². The second kappa shape index (κ2) is 13.6. The number of hydrogen-bond acceptors (Lipinski definition) is 7. The van der Waals surface area contributed by atoms with Crippen molar-refractivity contribution in [2.45, 2.75) is 46.4 Å². The van der Waals surface area contributed by atoms with Crippen LogP contribution in [0.15, 0.2) is 81.7 Å². The van der Waals surface area contributed by atoms with Gasteiger partial charge in [0.2, 0.25) is 0 Å². The van der Waals surface area contributed by atoms with Gasteiger partial charge in [0.25, 0.3) is 5.56 Å². The number of nitrogens with zero attached hydrogens (tertiary/aromatic N) is 2. The van der Waals surface area contributed by atoms with E-state index in [0.29, 0.717) is 59.3 Å². The Labute approximate surface area is 273 Å². The maximum Gasteiger partial charge on any atom is 0.338 e. The van der Waals surface area contributed by atoms with Crippen LogP contribution in [0.3, 0.4) is 0 Å². The van der Waals surface area contributed by atoms with E-state index in [0.717, 1.165) is 11.1 Å². The van der Waals surface area contributed by atoms with Crippen LogP contribution in [0, 0.1) is 0 Å². The van der Waals surface area contributed by atoms with Crippen molar-refractivity contribution in [2.24, 2.45) is 4.99 Å². The largest absolute Gasteiger partial charge is 0.494 e. The van der Waals surface area contributed by atoms with Crippen molar-refractivity contribution in [3.05, 3.63) is 123 Å². The zero-order valence-electron chi connectivity index (χ0n) is 24.4. The predicted molar refractivity (Wildman–Crippen MR) is 175 cm³/mol. The van der Waals surface area contributed by atoms with Gasteiger partial charge in [0.15, 0.2) is 4.80 Å². The second-order valence-corrected chi connectivity index (χ2v) is 12.5. The summed E-state index contributed by atoms with van der Waals surface area (Å²) in [6, 6.07) is 16.9. The number of allylic oxidation sites excluding steroid dienone is 1. The van der Waals surface area contributed by atoms with Gasteiger partial charge in [-0.1, -0.05) is 64.3 Å². The first-order valence-corrected chi connectivity index (χ1v) is 15.8. The second-order valence-electron chi connectivity index (χ2n) is 10.2. The highest BCUT2D eigenvalue weighted by Gasteiger charge is 2.33. The molecule has 1 aliphatic rings. The molecule has 0 bridgehead atoms. The molecule has 0 N–H and O–H groups in total. The molecular weight excluding hydrogens is 643 g/mol. The summed E-state index contributed by atoms with van der Waals surface area (Å²) < 4.78 is 19.2. The van der Waals surface area contributed by atoms with Crippen LogP contribution in [0.1, 0.15) is 50.4 Å². The summed E-state index contributed by atoms with van der Waals surface area (Å²) in [6.07, 6.45) is 1.37. The summed E-state index contributed by atoms with van der Waals surface area (Å²) in [5.41, 5.74) is 2.53. The van der Waals surface area contributed by atoms with E-state index in [9.17, 15) is 9.59 Å². The number of benzene rings is 3. The summed E-state index contributed by atoms with van der Waals surface area (Å²) in [5, 5.41) is 1.49. The van der Waals surface area contributed by atoms with E-state index in [4.69, 9.17) is 49.0 Å². The van der Waals surface area contributed by atoms with Gasteiger partial charge in [-0.15, -0.1) is 0 Å². The molecule has 1 aromatic heterocycles. The number of aromatic nitrogens is 1. The molecule has 11 heteroatoms. The SMILES string of the molecule is CCOc1ccc([C@H]2C(C(=O)OC(C)C)=C(C)N=c3s/c(=C/c4cc(Cl)ccc4OCc4ccc(Cl)cc4Cl)c(=O)n32)cc1. The lowest BCUT2D eigenvalue weighted by atomic mass is 9.96. The number of carbonyl (C=O) groups is 1. The minimum atomic E-state index is -0.752. The Morgan fingerprint density at radius 2 is 1.73 bits per heavy atom. The predicted octanol–water partition coefficient (Wildman–Crippen LogP) is 7.12. The van der Waals surface area contributed by atoms with Crippen LogP contribution >= 0.6 is 46.1 Å². The number of ether oxygens (including phenoxy) is 3. The summed E-state index contributed by atoms with van der Waals surface area (Å²) in [4.78, 5) is 32.6. The topological polar surface area (TPSA) is 79.1 Å². The number of hydrogen-bond donors (Lipinski definition) is 0. The van der Waals surface area contributed by atoms with Crippen LogP contribution < -0.4 is 24.4 Å². The Hall–Kier alpha value is -3.56. The zero-order chi connectivity index (χ0) is 31.5. The first kappa shape index (κ1) is 31.9. The maximum absolute atomic E-state index is 14.1. The molecule has 0 fully saturated rings. The van der Waals surface area contributed by atoms with Crippen molar-refractivity contribution < 1.29 is 19.0 Å². The number of carbonyl (C=O) groups excluding carboxylic acids is 1. The van der Waals surface area contributed by atoms with E-state index in [1.165, 1.54) is 15.9 Å². The van der Waals surface area contributed by atoms with E-state index in [1.54, 1.807) is 63.2 Å². The van der Waals surface area contributed by atoms with Crippen LogP contribution in [0.5, 0.6) is 11.5 Å². The molecule has 3 aromatic carbocycles. The van der Waals surface area contributed by atoms with Gasteiger partial charge in [-0.2, -0.15) is 0 Å². The van der Waals surface area contributed by atoms with Crippen molar-refractivity contribution in [1.29, 1.82) is 0 Å². The molecule has 0 spiro atoms. The minimum Gasteiger partial charge on any atom is -0.494 e. The number of rotatable bonds is 9. The molecule has 0 unspecified atom stereocenters. The molecule has 44 heavy (non-hydrogen) atoms. The number of esters is 1. The molecule has 0 saturated heterocycles. The fraction of sp³-hybridized carbons (Fsp3) is 0.242. The van der Waals surface area contributed by atoms with Gasteiger partial charge in [0.1, 0.15) is 18.1 Å². The Morgan fingerprint density at radius 3 is 2.41 bits per heavy atom. The molecule has 0 radical (unpaired) electrons. The van der Waals surface area contributed by atoms with Crippen molar-refractivity contribution >= 4 is 58.2 Å². The Balaban J connectivity index is 1.60. The summed E-state index contributed by atoms with van der Waals surface area (Å²) >= 11 is 19.9. The van der Waals surface area contributed by atoms with Crippen molar-refractivity contribution in [1.82, 2.24) is 4.57 Å². The van der Waals surface area contributed by atoms with E-state index < -0.39 is 12.0 Å². The smallest absolute Gasteiger partial charge is 0.338 e. The van der Waals surface area contributed by atoms with Crippen molar-refractivity contribution in [2.75, 3.05) is 6.61 Å². The van der Waals surface area contributed by atoms with Crippen molar-refractivity contribution in [3.63, 3.8) is 0 Å². The van der Waals surface area contributed by atoms with E-state index >= 15 is 0 Å². The van der Waals surface area contributed by atoms with Gasteiger partial charge < -0.3 is 14.2 Å². The van der Waals surface area contributed by atoms with Gasteiger partial charge in [-0.05, 0) is 81.8 Å². The molecular formula is C33H29Cl3N2O5S. The Bertz CT molecular complexity index is 1930. The molecule has 0 amide bonds. The number of thiazole rings is 1. The van der Waals surface area contributed by atoms with Gasteiger partial charge in [-0.25, -0.2) is 9.79 Å². The van der Waals surface area contributed by atoms with Crippen LogP contribution in [-0.4, -0.2) is 23.2 Å². The fourth-order valence-electron chi connectivity index (χ4n) is 4.79. The molecule has 2 heterocycles. The monoisotopic (exact) mass is 670 g/mol. The fourth-order valence-corrected chi connectivity index (χ4v) is 6.47. The van der Waals surface area contributed by atoms with Crippen LogP contribution in [0.2, 0.25) is 15.1 Å². The molecule has 1 atom stereocenters. The number of fused-ring (bicyclic) bond motifs is 1. The third-order valence-corrected chi connectivity index (χ3v) is 8.55. The lowest BCUT2D eigenvalue weighted by molar-refractivity contribution is -0.143. The normalized spacial score (nSPS) is 14.8. The van der Waals surface area contributed by atoms with Gasteiger partial charge in [-0.3, -0.25) is 9.36 Å². The lowest BCUT2D eigenvalue weighted by Crippen LogP contribution is -2.40. The van der Waals surface area contributed by atoms with Crippen molar-refractivity contribution in [3.8, 4) is 11.5 Å². The van der Waals surface area contributed by atoms with Gasteiger partial charge in [0, 0.05) is 26.2 Å². The first-order valence-electron chi connectivity index (χ1n) is 13.9. The minimum absolute atomic E-state index is 0.179. The van der Waals surface area contributed by atoms with E-state index in [-0.39, 0.29) is 18.3 Å². The molecule has 1 aliphatic heterocycles. The highest BCUT2D eigenvalue weighted by molar-refractivity contribution is 7.07. The third kappa shape index (κ3) is 6.89. The zero-order valence-corrected chi connectivity index (χ0v) is 27.5. The van der Waals surface area contributed by atoms with E-state index in [1.807, 2.05) is 31.2 Å². The summed E-state index contributed by atoms with van der Waals surface area (Å²) in [6.45, 7) is 7.91. The van der Waals surface area contributed by atoms with E-state index in [2.05, 4.69) is 4.99 Å². The Kier molecular flexibility index (Phi) is 9.85. The molecule has 0 aliphatic carbocycles. The summed E-state index contributed by atoms with van der Waals surface area (Å²) in [5.74, 6) is 0.663. The molecule has 7 nitrogen and oxygen atoms in total. The quantitative estimate of drug-likeness (QED) is 0.177. The average Bonchev–Trinajstić information content (AvgIpc) is 3.26. The maximum atomic E-state index is 14.1. The Morgan fingerprint density at radius 1 is 1.02 bits per heavy atom. The van der Waals surface area contributed by atoms with Crippen LogP contribution in [0.4, 0.5) is 0 Å².